The number of nitrogens with zero attached hydrogens (tertiary/aromatic N) is 2. The van der Waals surface area contributed by atoms with Gasteiger partial charge in [-0.3, -0.25) is 4.79 Å². The molecule has 1 aromatic carbocycles. The minimum absolute atomic E-state index is 0.0252. The van der Waals surface area contributed by atoms with Crippen LogP contribution >= 0.6 is 11.8 Å². The van der Waals surface area contributed by atoms with Gasteiger partial charge in [0.1, 0.15) is 6.26 Å². The second kappa shape index (κ2) is 6.61. The van der Waals surface area contributed by atoms with Gasteiger partial charge in [-0.2, -0.15) is 0 Å². The maximum atomic E-state index is 12.5. The number of aromatic nitrogens is 1. The van der Waals surface area contributed by atoms with Crippen LogP contribution in [0.4, 0.5) is 0 Å². The van der Waals surface area contributed by atoms with Gasteiger partial charge in [0.05, 0.1) is 5.69 Å². The van der Waals surface area contributed by atoms with Crippen molar-refractivity contribution in [1.29, 1.82) is 0 Å². The Balaban J connectivity index is 1.38. The molecule has 3 aliphatic heterocycles. The number of amides is 1. The third kappa shape index (κ3) is 3.35. The first-order chi connectivity index (χ1) is 11.7. The van der Waals surface area contributed by atoms with Gasteiger partial charge in [0.2, 0.25) is 0 Å². The van der Waals surface area contributed by atoms with Gasteiger partial charge in [0, 0.05) is 23.0 Å². The second-order valence-corrected chi connectivity index (χ2v) is 7.62. The maximum absolute atomic E-state index is 12.5. The van der Waals surface area contributed by atoms with Crippen LogP contribution in [0.3, 0.4) is 0 Å². The highest BCUT2D eigenvalue weighted by atomic mass is 32.2. The van der Waals surface area contributed by atoms with Crippen molar-refractivity contribution in [2.75, 3.05) is 19.6 Å². The van der Waals surface area contributed by atoms with Gasteiger partial charge in [-0.05, 0) is 74.8 Å². The highest BCUT2D eigenvalue weighted by Crippen LogP contribution is 2.29. The topological polar surface area (TPSA) is 58.4 Å². The van der Waals surface area contributed by atoms with Crippen LogP contribution in [-0.2, 0) is 0 Å². The number of hydrogen-bond donors (Lipinski definition) is 1. The van der Waals surface area contributed by atoms with E-state index in [0.29, 0.717) is 22.7 Å². The molecule has 2 aromatic rings. The summed E-state index contributed by atoms with van der Waals surface area (Å²) in [7, 11) is 0. The first kappa shape index (κ1) is 15.7. The summed E-state index contributed by atoms with van der Waals surface area (Å²) in [5.41, 5.74) is 1.57. The summed E-state index contributed by atoms with van der Waals surface area (Å²) >= 11 is 1.46. The van der Waals surface area contributed by atoms with Crippen LogP contribution < -0.4 is 5.32 Å². The van der Waals surface area contributed by atoms with Crippen LogP contribution in [-0.4, -0.2) is 41.5 Å². The Hall–Kier alpha value is -1.79. The van der Waals surface area contributed by atoms with Crippen LogP contribution in [0.2, 0.25) is 0 Å². The van der Waals surface area contributed by atoms with E-state index in [1.165, 1.54) is 37.7 Å². The van der Waals surface area contributed by atoms with Gasteiger partial charge in [0.25, 0.3) is 11.1 Å². The number of rotatable bonds is 4. The van der Waals surface area contributed by atoms with Crippen molar-refractivity contribution >= 4 is 17.7 Å². The molecular formula is C18H21N3O2S. The molecule has 0 spiro atoms. The van der Waals surface area contributed by atoms with Gasteiger partial charge in [0.15, 0.2) is 0 Å². The summed E-state index contributed by atoms with van der Waals surface area (Å²) in [5, 5.41) is 3.84. The third-order valence-corrected chi connectivity index (χ3v) is 5.76. The zero-order chi connectivity index (χ0) is 16.5. The molecule has 3 aliphatic rings. The molecule has 1 atom stereocenters. The number of aryl methyl sites for hydroxylation is 1. The van der Waals surface area contributed by atoms with E-state index in [0.717, 1.165) is 17.1 Å². The molecule has 0 unspecified atom stereocenters. The normalized spacial score (nSPS) is 25.6. The van der Waals surface area contributed by atoms with Crippen LogP contribution in [0.1, 0.15) is 28.9 Å². The number of carbonyl (C=O) groups excluding carboxylic acids is 1. The Labute approximate surface area is 145 Å². The van der Waals surface area contributed by atoms with Gasteiger partial charge < -0.3 is 14.6 Å². The molecule has 1 amide bonds. The van der Waals surface area contributed by atoms with Crippen molar-refractivity contribution in [3.63, 3.8) is 0 Å². The van der Waals surface area contributed by atoms with Crippen molar-refractivity contribution < 1.29 is 9.21 Å². The molecule has 3 saturated heterocycles. The maximum Gasteiger partial charge on any atom is 0.260 e. The molecule has 2 bridgehead atoms. The number of benzene rings is 1. The molecule has 0 saturated carbocycles. The highest BCUT2D eigenvalue weighted by molar-refractivity contribution is 7.99. The molecule has 0 aliphatic carbocycles. The fourth-order valence-corrected chi connectivity index (χ4v) is 4.29. The van der Waals surface area contributed by atoms with Gasteiger partial charge in [-0.15, -0.1) is 0 Å². The number of hydrogen-bond acceptors (Lipinski definition) is 5. The van der Waals surface area contributed by atoms with E-state index < -0.39 is 0 Å². The molecule has 1 aromatic heterocycles. The number of carbonyl (C=O) groups is 1. The lowest BCUT2D eigenvalue weighted by Crippen LogP contribution is -2.57. The standard InChI is InChI=1S/C18H21N3O2S/c1-12-11-23-18(19-12)24-15-4-2-14(3-5-15)17(22)20-16-10-21-8-6-13(16)7-9-21/h2-5,11,13,16H,6-10H2,1H3,(H,20,22)/t16-/m0/s1. The molecular weight excluding hydrogens is 322 g/mol. The van der Waals surface area contributed by atoms with Crippen molar-refractivity contribution in [1.82, 2.24) is 15.2 Å². The van der Waals surface area contributed by atoms with E-state index in [2.05, 4.69) is 15.2 Å². The molecule has 5 rings (SSSR count). The van der Waals surface area contributed by atoms with E-state index >= 15 is 0 Å². The van der Waals surface area contributed by atoms with Crippen LogP contribution in [0.25, 0.3) is 0 Å². The summed E-state index contributed by atoms with van der Waals surface area (Å²) in [6.45, 7) is 5.26. The minimum Gasteiger partial charge on any atom is -0.439 e. The smallest absolute Gasteiger partial charge is 0.260 e. The van der Waals surface area contributed by atoms with E-state index in [9.17, 15) is 4.79 Å². The average Bonchev–Trinajstić information content (AvgIpc) is 3.01. The predicted molar refractivity (Wildman–Crippen MR) is 92.2 cm³/mol. The van der Waals surface area contributed by atoms with Gasteiger partial charge in [-0.25, -0.2) is 4.98 Å². The first-order valence-electron chi connectivity index (χ1n) is 8.40. The lowest BCUT2D eigenvalue weighted by molar-refractivity contribution is 0.0620. The molecule has 4 heterocycles. The molecule has 3 fully saturated rings. The number of fused-ring (bicyclic) bond motifs is 3. The van der Waals surface area contributed by atoms with E-state index in [1.807, 2.05) is 31.2 Å². The van der Waals surface area contributed by atoms with Crippen molar-refractivity contribution in [2.24, 2.45) is 5.92 Å². The summed E-state index contributed by atoms with van der Waals surface area (Å²) in [6.07, 6.45) is 4.05. The summed E-state index contributed by atoms with van der Waals surface area (Å²) in [5.74, 6) is 0.666. The minimum atomic E-state index is 0.0252. The van der Waals surface area contributed by atoms with E-state index in [-0.39, 0.29) is 5.91 Å². The quantitative estimate of drug-likeness (QED) is 0.925. The number of nitrogens with one attached hydrogen (secondary N) is 1. The molecule has 6 heteroatoms. The van der Waals surface area contributed by atoms with Gasteiger partial charge in [-0.1, -0.05) is 0 Å². The van der Waals surface area contributed by atoms with Gasteiger partial charge >= 0.3 is 0 Å². The van der Waals surface area contributed by atoms with Crippen molar-refractivity contribution in [3.8, 4) is 0 Å². The summed E-state index contributed by atoms with van der Waals surface area (Å²) in [4.78, 5) is 20.2. The lowest BCUT2D eigenvalue weighted by atomic mass is 9.84. The molecule has 1 N–H and O–H groups in total. The van der Waals surface area contributed by atoms with E-state index in [1.54, 1.807) is 6.26 Å². The first-order valence-corrected chi connectivity index (χ1v) is 9.22. The molecule has 126 valence electrons. The fraction of sp³-hybridized carbons (Fsp3) is 0.444. The molecule has 5 nitrogen and oxygen atoms in total. The van der Waals surface area contributed by atoms with Crippen LogP contribution in [0.5, 0.6) is 0 Å². The summed E-state index contributed by atoms with van der Waals surface area (Å²) < 4.78 is 5.34. The Bertz CT molecular complexity index is 720. The monoisotopic (exact) mass is 343 g/mol. The second-order valence-electron chi connectivity index (χ2n) is 6.60. The van der Waals surface area contributed by atoms with Crippen molar-refractivity contribution in [3.05, 3.63) is 41.8 Å². The largest absolute Gasteiger partial charge is 0.439 e. The highest BCUT2D eigenvalue weighted by Gasteiger charge is 2.34. The fourth-order valence-electron chi connectivity index (χ4n) is 3.53. The zero-order valence-corrected chi connectivity index (χ0v) is 14.5. The third-order valence-electron chi connectivity index (χ3n) is 4.89. The lowest BCUT2D eigenvalue weighted by Gasteiger charge is -2.44. The number of oxazole rings is 1. The zero-order valence-electron chi connectivity index (χ0n) is 13.7. The Kier molecular flexibility index (Phi) is 4.33. The SMILES string of the molecule is Cc1coc(Sc2ccc(C(=O)N[C@H]3CN4CCC3CC4)cc2)n1. The van der Waals surface area contributed by atoms with Crippen LogP contribution in [0.15, 0.2) is 45.1 Å². The molecule has 24 heavy (non-hydrogen) atoms. The van der Waals surface area contributed by atoms with Crippen molar-refractivity contribution in [2.45, 2.75) is 35.9 Å². The summed E-state index contributed by atoms with van der Waals surface area (Å²) in [6, 6.07) is 7.92. The van der Waals surface area contributed by atoms with Crippen LogP contribution in [0, 0.1) is 12.8 Å². The Morgan fingerprint density at radius 3 is 2.62 bits per heavy atom. The average molecular weight is 343 g/mol. The van der Waals surface area contributed by atoms with E-state index in [4.69, 9.17) is 4.42 Å². The Morgan fingerprint density at radius 2 is 2.04 bits per heavy atom. The number of piperidine rings is 3. The predicted octanol–water partition coefficient (Wildman–Crippen LogP) is 2.96. The Morgan fingerprint density at radius 1 is 1.29 bits per heavy atom. The molecule has 0 radical (unpaired) electrons.